The van der Waals surface area contributed by atoms with Crippen molar-refractivity contribution in [2.24, 2.45) is 0 Å². The van der Waals surface area contributed by atoms with Crippen LogP contribution >= 0.6 is 0 Å². The largest absolute Gasteiger partial charge is 0.355 e. The highest BCUT2D eigenvalue weighted by atomic mass is 16.2. The molecule has 0 bridgehead atoms. The number of piperazine rings is 1. The standard InChI is InChI=1S/C22H36N4O2/c1-5-10-23-21(27)16-24(4)22(28)17-26-13-11-25(12-14-26)15-19-6-8-20(9-7-19)18(2)3/h6-9,18H,5,10-17H2,1-4H3,(H,23,27). The van der Waals surface area contributed by atoms with Crippen LogP contribution in [-0.4, -0.2) is 79.4 Å². The minimum Gasteiger partial charge on any atom is -0.355 e. The van der Waals surface area contributed by atoms with E-state index in [9.17, 15) is 9.59 Å². The lowest BCUT2D eigenvalue weighted by atomic mass is 10.0. The first-order valence-electron chi connectivity index (χ1n) is 10.4. The van der Waals surface area contributed by atoms with Gasteiger partial charge in [-0.05, 0) is 23.5 Å². The zero-order chi connectivity index (χ0) is 20.5. The Morgan fingerprint density at radius 1 is 1.07 bits per heavy atom. The van der Waals surface area contributed by atoms with Crippen LogP contribution in [0.15, 0.2) is 24.3 Å². The summed E-state index contributed by atoms with van der Waals surface area (Å²) in [5.74, 6) is 0.473. The molecule has 0 unspecified atom stereocenters. The quantitative estimate of drug-likeness (QED) is 0.702. The Balaban J connectivity index is 1.71. The van der Waals surface area contributed by atoms with E-state index in [0.29, 0.717) is 19.0 Å². The number of nitrogens with one attached hydrogen (secondary N) is 1. The highest BCUT2D eigenvalue weighted by Gasteiger charge is 2.21. The molecule has 2 amide bonds. The van der Waals surface area contributed by atoms with Gasteiger partial charge in [-0.25, -0.2) is 0 Å². The molecule has 1 aliphatic rings. The molecule has 0 aliphatic carbocycles. The third-order valence-electron chi connectivity index (χ3n) is 5.26. The van der Waals surface area contributed by atoms with Crippen LogP contribution in [-0.2, 0) is 16.1 Å². The Kier molecular flexibility index (Phi) is 8.93. The van der Waals surface area contributed by atoms with E-state index in [1.807, 2.05) is 6.92 Å². The molecule has 156 valence electrons. The Morgan fingerprint density at radius 2 is 1.68 bits per heavy atom. The summed E-state index contributed by atoms with van der Waals surface area (Å²) in [5, 5.41) is 2.81. The van der Waals surface area contributed by atoms with Gasteiger partial charge in [0.15, 0.2) is 0 Å². The first-order chi connectivity index (χ1) is 13.4. The predicted octanol–water partition coefficient (Wildman–Crippen LogP) is 1.91. The van der Waals surface area contributed by atoms with Crippen LogP contribution in [0.1, 0.15) is 44.2 Å². The van der Waals surface area contributed by atoms with Gasteiger partial charge in [-0.1, -0.05) is 45.0 Å². The second-order valence-electron chi connectivity index (χ2n) is 8.05. The second-order valence-corrected chi connectivity index (χ2v) is 8.05. The summed E-state index contributed by atoms with van der Waals surface area (Å²) in [6, 6.07) is 8.90. The third-order valence-corrected chi connectivity index (χ3v) is 5.26. The fraction of sp³-hybridized carbons (Fsp3) is 0.636. The lowest BCUT2D eigenvalue weighted by Gasteiger charge is -2.35. The maximum Gasteiger partial charge on any atom is 0.239 e. The lowest BCUT2D eigenvalue weighted by Crippen LogP contribution is -2.50. The zero-order valence-corrected chi connectivity index (χ0v) is 17.9. The number of amides is 2. The van der Waals surface area contributed by atoms with Crippen LogP contribution in [0, 0.1) is 0 Å². The summed E-state index contributed by atoms with van der Waals surface area (Å²) in [4.78, 5) is 30.3. The number of rotatable bonds is 9. The van der Waals surface area contributed by atoms with Crippen LogP contribution in [0.25, 0.3) is 0 Å². The molecule has 0 radical (unpaired) electrons. The molecule has 1 saturated heterocycles. The van der Waals surface area contributed by atoms with Crippen molar-refractivity contribution in [3.8, 4) is 0 Å². The van der Waals surface area contributed by atoms with Crippen molar-refractivity contribution in [3.63, 3.8) is 0 Å². The second kappa shape index (κ2) is 11.2. The van der Waals surface area contributed by atoms with E-state index in [0.717, 1.165) is 39.1 Å². The molecule has 1 aliphatic heterocycles. The molecular weight excluding hydrogens is 352 g/mol. The van der Waals surface area contributed by atoms with Gasteiger partial charge >= 0.3 is 0 Å². The van der Waals surface area contributed by atoms with Crippen LogP contribution < -0.4 is 5.32 Å². The summed E-state index contributed by atoms with van der Waals surface area (Å²) in [6.07, 6.45) is 0.898. The average Bonchev–Trinajstić information content (AvgIpc) is 2.68. The van der Waals surface area contributed by atoms with Gasteiger partial charge in [0, 0.05) is 46.3 Å². The van der Waals surface area contributed by atoms with Crippen LogP contribution in [0.2, 0.25) is 0 Å². The van der Waals surface area contributed by atoms with Crippen LogP contribution in [0.3, 0.4) is 0 Å². The molecule has 0 aromatic heterocycles. The number of hydrogen-bond donors (Lipinski definition) is 1. The van der Waals surface area contributed by atoms with E-state index in [4.69, 9.17) is 0 Å². The Labute approximate surface area is 169 Å². The van der Waals surface area contributed by atoms with Crippen molar-refractivity contribution in [2.45, 2.75) is 39.7 Å². The highest BCUT2D eigenvalue weighted by molar-refractivity contribution is 5.85. The summed E-state index contributed by atoms with van der Waals surface area (Å²) in [7, 11) is 1.70. The predicted molar refractivity (Wildman–Crippen MR) is 113 cm³/mol. The zero-order valence-electron chi connectivity index (χ0n) is 17.9. The number of nitrogens with zero attached hydrogens (tertiary/aromatic N) is 3. The lowest BCUT2D eigenvalue weighted by molar-refractivity contribution is -0.136. The van der Waals surface area contributed by atoms with Crippen molar-refractivity contribution < 1.29 is 9.59 Å². The van der Waals surface area contributed by atoms with Gasteiger partial charge in [0.2, 0.25) is 11.8 Å². The van der Waals surface area contributed by atoms with Crippen molar-refractivity contribution in [2.75, 3.05) is 52.9 Å². The molecular formula is C22H36N4O2. The number of likely N-dealkylation sites (N-methyl/N-ethyl adjacent to an activating group) is 1. The third kappa shape index (κ3) is 7.24. The monoisotopic (exact) mass is 388 g/mol. The van der Waals surface area contributed by atoms with Crippen molar-refractivity contribution >= 4 is 11.8 Å². The number of benzene rings is 1. The van der Waals surface area contributed by atoms with Gasteiger partial charge in [0.05, 0.1) is 13.1 Å². The minimum absolute atomic E-state index is 0.00405. The molecule has 0 spiro atoms. The normalized spacial score (nSPS) is 15.6. The van der Waals surface area contributed by atoms with E-state index >= 15 is 0 Å². The number of carbonyl (C=O) groups excluding carboxylic acids is 2. The van der Waals surface area contributed by atoms with Gasteiger partial charge in [0.1, 0.15) is 0 Å². The van der Waals surface area contributed by atoms with Gasteiger partial charge in [0.25, 0.3) is 0 Å². The molecule has 1 heterocycles. The smallest absolute Gasteiger partial charge is 0.239 e. The highest BCUT2D eigenvalue weighted by Crippen LogP contribution is 2.16. The van der Waals surface area contributed by atoms with Crippen LogP contribution in [0.5, 0.6) is 0 Å². The van der Waals surface area contributed by atoms with Gasteiger partial charge < -0.3 is 10.2 Å². The van der Waals surface area contributed by atoms with Crippen molar-refractivity contribution in [3.05, 3.63) is 35.4 Å². The molecule has 1 aromatic carbocycles. The fourth-order valence-corrected chi connectivity index (χ4v) is 3.31. The molecule has 2 rings (SSSR count). The SMILES string of the molecule is CCCNC(=O)CN(C)C(=O)CN1CCN(Cc2ccc(C(C)C)cc2)CC1. The number of hydrogen-bond acceptors (Lipinski definition) is 4. The van der Waals surface area contributed by atoms with E-state index < -0.39 is 0 Å². The molecule has 6 nitrogen and oxygen atoms in total. The first kappa shape index (κ1) is 22.4. The van der Waals surface area contributed by atoms with Crippen molar-refractivity contribution in [1.29, 1.82) is 0 Å². The molecule has 0 saturated carbocycles. The topological polar surface area (TPSA) is 55.9 Å². The van der Waals surface area contributed by atoms with Gasteiger partial charge in [-0.3, -0.25) is 19.4 Å². The Morgan fingerprint density at radius 3 is 2.25 bits per heavy atom. The summed E-state index contributed by atoms with van der Waals surface area (Å²) in [5.41, 5.74) is 2.71. The van der Waals surface area contributed by atoms with Crippen LogP contribution in [0.4, 0.5) is 0 Å². The molecule has 6 heteroatoms. The molecule has 28 heavy (non-hydrogen) atoms. The average molecular weight is 389 g/mol. The van der Waals surface area contributed by atoms with Gasteiger partial charge in [-0.2, -0.15) is 0 Å². The van der Waals surface area contributed by atoms with E-state index in [1.165, 1.54) is 16.0 Å². The first-order valence-corrected chi connectivity index (χ1v) is 10.4. The maximum atomic E-state index is 12.4. The van der Waals surface area contributed by atoms with Gasteiger partial charge in [-0.15, -0.1) is 0 Å². The fourth-order valence-electron chi connectivity index (χ4n) is 3.31. The summed E-state index contributed by atoms with van der Waals surface area (Å²) < 4.78 is 0. The Bertz CT molecular complexity index is 622. The Hall–Kier alpha value is -1.92. The molecule has 1 N–H and O–H groups in total. The van der Waals surface area contributed by atoms with E-state index in [2.05, 4.69) is 53.2 Å². The molecule has 1 fully saturated rings. The minimum atomic E-state index is -0.0917. The van der Waals surface area contributed by atoms with E-state index in [-0.39, 0.29) is 18.4 Å². The summed E-state index contributed by atoms with van der Waals surface area (Å²) in [6.45, 7) is 12.2. The van der Waals surface area contributed by atoms with E-state index in [1.54, 1.807) is 7.05 Å². The van der Waals surface area contributed by atoms with Crippen molar-refractivity contribution in [1.82, 2.24) is 20.0 Å². The summed E-state index contributed by atoms with van der Waals surface area (Å²) >= 11 is 0. The molecule has 1 aromatic rings. The maximum absolute atomic E-state index is 12.4. The molecule has 0 atom stereocenters. The number of carbonyl (C=O) groups is 2.